The molecule has 0 bridgehead atoms. The third-order valence-electron chi connectivity index (χ3n) is 5.02. The number of thiophene rings is 1. The molecule has 3 aromatic rings. The van der Waals surface area contributed by atoms with Crippen molar-refractivity contribution in [3.63, 3.8) is 0 Å². The summed E-state index contributed by atoms with van der Waals surface area (Å²) in [5, 5.41) is 13.0. The normalized spacial score (nSPS) is 12.9. The molecule has 6 nitrogen and oxygen atoms in total. The van der Waals surface area contributed by atoms with Gasteiger partial charge in [-0.1, -0.05) is 29.3 Å². The molecule has 0 saturated heterocycles. The fourth-order valence-electron chi connectivity index (χ4n) is 3.56. The van der Waals surface area contributed by atoms with E-state index < -0.39 is 0 Å². The molecule has 0 atom stereocenters. The number of aromatic nitrogens is 2. The second kappa shape index (κ2) is 9.56. The number of fused-ring (bicyclic) bond motifs is 1. The van der Waals surface area contributed by atoms with Crippen LogP contribution in [0, 0.1) is 0 Å². The Morgan fingerprint density at radius 3 is 2.84 bits per heavy atom. The molecule has 10 heteroatoms. The second-order valence-corrected chi connectivity index (χ2v) is 9.48. The minimum atomic E-state index is -0.339. The van der Waals surface area contributed by atoms with Crippen LogP contribution in [0.1, 0.15) is 39.2 Å². The molecule has 2 aromatic heterocycles. The monoisotopic (exact) mass is 494 g/mol. The molecule has 162 valence electrons. The third-order valence-corrected chi connectivity index (χ3v) is 7.02. The summed E-state index contributed by atoms with van der Waals surface area (Å²) in [6, 6.07) is 7.20. The zero-order valence-electron chi connectivity index (χ0n) is 16.7. The summed E-state index contributed by atoms with van der Waals surface area (Å²) in [6.45, 7) is 0.502. The summed E-state index contributed by atoms with van der Waals surface area (Å²) in [7, 11) is 1.40. The summed E-state index contributed by atoms with van der Waals surface area (Å²) in [4.78, 5) is 13.6. The number of nitrogens with one attached hydrogen (secondary N) is 2. The lowest BCUT2D eigenvalue weighted by molar-refractivity contribution is 0.0601. The summed E-state index contributed by atoms with van der Waals surface area (Å²) in [5.41, 5.74) is 2.58. The number of halogens is 2. The van der Waals surface area contributed by atoms with Crippen LogP contribution in [0.4, 0.5) is 10.8 Å². The highest BCUT2D eigenvalue weighted by Gasteiger charge is 2.26. The van der Waals surface area contributed by atoms with Gasteiger partial charge in [-0.15, -0.1) is 11.3 Å². The van der Waals surface area contributed by atoms with Crippen molar-refractivity contribution in [1.29, 1.82) is 0 Å². The van der Waals surface area contributed by atoms with Gasteiger partial charge in [0.15, 0.2) is 10.9 Å². The lowest BCUT2D eigenvalue weighted by Gasteiger charge is -2.12. The Bertz CT molecular complexity index is 1140. The SMILES string of the molecule is COC(=O)c1c(NC(=S)Nc2ccn(Cc3ccc(Cl)cc3Cl)n2)sc2c1CCCC2. The number of benzene rings is 1. The van der Waals surface area contributed by atoms with Crippen LogP contribution in [0.15, 0.2) is 30.5 Å². The maximum atomic E-state index is 12.4. The number of hydrogen-bond acceptors (Lipinski definition) is 5. The van der Waals surface area contributed by atoms with E-state index >= 15 is 0 Å². The minimum Gasteiger partial charge on any atom is -0.465 e. The van der Waals surface area contributed by atoms with Crippen molar-refractivity contribution in [2.45, 2.75) is 32.2 Å². The standard InChI is InChI=1S/C21H20Cl2N4O2S2/c1-29-20(28)18-14-4-2-3-5-16(14)31-19(18)25-21(30)24-17-8-9-27(26-17)11-12-6-7-13(22)10-15(12)23/h6-10H,2-5,11H2,1H3,(H2,24,25,26,30). The number of hydrogen-bond donors (Lipinski definition) is 2. The van der Waals surface area contributed by atoms with Gasteiger partial charge < -0.3 is 15.4 Å². The largest absolute Gasteiger partial charge is 0.465 e. The fourth-order valence-corrected chi connectivity index (χ4v) is 5.58. The van der Waals surface area contributed by atoms with Gasteiger partial charge in [0, 0.05) is 27.2 Å². The lowest BCUT2D eigenvalue weighted by Crippen LogP contribution is -2.20. The molecule has 1 aromatic carbocycles. The van der Waals surface area contributed by atoms with Crippen LogP contribution in [0.5, 0.6) is 0 Å². The molecule has 0 saturated carbocycles. The van der Waals surface area contributed by atoms with Crippen molar-refractivity contribution < 1.29 is 9.53 Å². The van der Waals surface area contributed by atoms with Gasteiger partial charge in [-0.05, 0) is 61.2 Å². The van der Waals surface area contributed by atoms with Crippen molar-refractivity contribution in [1.82, 2.24) is 9.78 Å². The minimum absolute atomic E-state index is 0.339. The number of nitrogens with zero attached hydrogens (tertiary/aromatic N) is 2. The molecule has 4 rings (SSSR count). The lowest BCUT2D eigenvalue weighted by atomic mass is 9.95. The van der Waals surface area contributed by atoms with Crippen LogP contribution in [0.2, 0.25) is 10.0 Å². The molecule has 0 fully saturated rings. The molecule has 0 amide bonds. The van der Waals surface area contributed by atoms with Gasteiger partial charge in [0.2, 0.25) is 0 Å². The van der Waals surface area contributed by atoms with Crippen LogP contribution in [0.3, 0.4) is 0 Å². The van der Waals surface area contributed by atoms with Gasteiger partial charge in [-0.2, -0.15) is 5.10 Å². The molecule has 0 unspecified atom stereocenters. The van der Waals surface area contributed by atoms with Crippen LogP contribution >= 0.6 is 46.8 Å². The molecule has 0 radical (unpaired) electrons. The molecular weight excluding hydrogens is 475 g/mol. The van der Waals surface area contributed by atoms with Gasteiger partial charge in [-0.25, -0.2) is 4.79 Å². The van der Waals surface area contributed by atoms with E-state index in [2.05, 4.69) is 15.7 Å². The zero-order chi connectivity index (χ0) is 22.0. The highest BCUT2D eigenvalue weighted by molar-refractivity contribution is 7.80. The smallest absolute Gasteiger partial charge is 0.341 e. The van der Waals surface area contributed by atoms with Crippen molar-refractivity contribution in [2.75, 3.05) is 17.7 Å². The van der Waals surface area contributed by atoms with Crippen molar-refractivity contribution >= 4 is 68.7 Å². The molecule has 2 N–H and O–H groups in total. The van der Waals surface area contributed by atoms with Crippen LogP contribution in [-0.4, -0.2) is 28.0 Å². The van der Waals surface area contributed by atoms with Crippen LogP contribution < -0.4 is 10.6 Å². The van der Waals surface area contributed by atoms with Gasteiger partial charge >= 0.3 is 5.97 Å². The van der Waals surface area contributed by atoms with E-state index in [0.717, 1.165) is 36.8 Å². The van der Waals surface area contributed by atoms with Gasteiger partial charge in [0.25, 0.3) is 0 Å². The van der Waals surface area contributed by atoms with E-state index in [9.17, 15) is 4.79 Å². The Kier molecular flexibility index (Phi) is 6.81. The summed E-state index contributed by atoms with van der Waals surface area (Å²) in [5.74, 6) is 0.248. The topological polar surface area (TPSA) is 68.2 Å². The first-order valence-electron chi connectivity index (χ1n) is 9.73. The van der Waals surface area contributed by atoms with Crippen molar-refractivity contribution in [3.8, 4) is 0 Å². The van der Waals surface area contributed by atoms with Crippen LogP contribution in [-0.2, 0) is 24.1 Å². The Labute approximate surface area is 199 Å². The van der Waals surface area contributed by atoms with Crippen molar-refractivity contribution in [3.05, 3.63) is 62.1 Å². The maximum Gasteiger partial charge on any atom is 0.341 e. The molecular formula is C21H20Cl2N4O2S2. The number of thiocarbonyl (C=S) groups is 1. The number of rotatable bonds is 5. The highest BCUT2D eigenvalue weighted by Crippen LogP contribution is 2.38. The molecule has 0 spiro atoms. The molecule has 1 aliphatic rings. The number of carbonyl (C=O) groups excluding carboxylic acids is 1. The fraction of sp³-hybridized carbons (Fsp3) is 0.286. The quantitative estimate of drug-likeness (QED) is 0.346. The first kappa shape index (κ1) is 22.1. The van der Waals surface area contributed by atoms with E-state index in [-0.39, 0.29) is 5.97 Å². The van der Waals surface area contributed by atoms with Gasteiger partial charge in [-0.3, -0.25) is 4.68 Å². The Balaban J connectivity index is 1.45. The van der Waals surface area contributed by atoms with E-state index in [1.165, 1.54) is 12.0 Å². The number of anilines is 2. The summed E-state index contributed by atoms with van der Waals surface area (Å²) >= 11 is 19.2. The second-order valence-electron chi connectivity index (χ2n) is 7.12. The number of esters is 1. The van der Waals surface area contributed by atoms with Gasteiger partial charge in [0.05, 0.1) is 19.2 Å². The number of carbonyl (C=O) groups is 1. The van der Waals surface area contributed by atoms with E-state index in [4.69, 9.17) is 40.2 Å². The molecule has 1 aliphatic carbocycles. The first-order valence-corrected chi connectivity index (χ1v) is 11.7. The number of methoxy groups -OCH3 is 1. The Hall–Kier alpha value is -2.13. The first-order chi connectivity index (χ1) is 14.9. The summed E-state index contributed by atoms with van der Waals surface area (Å²) in [6.07, 6.45) is 5.90. The van der Waals surface area contributed by atoms with Crippen molar-refractivity contribution in [2.24, 2.45) is 0 Å². The molecule has 2 heterocycles. The number of aryl methyl sites for hydroxylation is 1. The average Bonchev–Trinajstić information content (AvgIpc) is 3.33. The maximum absolute atomic E-state index is 12.4. The Morgan fingerprint density at radius 1 is 1.26 bits per heavy atom. The third kappa shape index (κ3) is 5.03. The molecule has 31 heavy (non-hydrogen) atoms. The zero-order valence-corrected chi connectivity index (χ0v) is 19.9. The van der Waals surface area contributed by atoms with E-state index in [1.807, 2.05) is 18.3 Å². The van der Waals surface area contributed by atoms with E-state index in [0.29, 0.717) is 38.1 Å². The Morgan fingerprint density at radius 2 is 2.06 bits per heavy atom. The average molecular weight is 495 g/mol. The number of ether oxygens (including phenoxy) is 1. The predicted molar refractivity (Wildman–Crippen MR) is 130 cm³/mol. The highest BCUT2D eigenvalue weighted by atomic mass is 35.5. The van der Waals surface area contributed by atoms with Crippen LogP contribution in [0.25, 0.3) is 0 Å². The van der Waals surface area contributed by atoms with E-state index in [1.54, 1.807) is 28.2 Å². The predicted octanol–water partition coefficient (Wildman–Crippen LogP) is 5.77. The molecule has 0 aliphatic heterocycles. The summed E-state index contributed by atoms with van der Waals surface area (Å²) < 4.78 is 6.76. The van der Waals surface area contributed by atoms with Gasteiger partial charge in [0.1, 0.15) is 5.00 Å².